The summed E-state index contributed by atoms with van der Waals surface area (Å²) < 4.78 is 5.31. The van der Waals surface area contributed by atoms with E-state index in [0.29, 0.717) is 18.8 Å². The van der Waals surface area contributed by atoms with Gasteiger partial charge in [-0.15, -0.1) is 0 Å². The largest absolute Gasteiger partial charge is 0.447 e. The number of nitrogens with one attached hydrogen (secondary N) is 1. The molecule has 1 fully saturated rings. The highest BCUT2D eigenvalue weighted by atomic mass is 16.6. The van der Waals surface area contributed by atoms with Crippen molar-refractivity contribution in [2.75, 3.05) is 18.5 Å². The van der Waals surface area contributed by atoms with Gasteiger partial charge >= 0.3 is 12.1 Å². The van der Waals surface area contributed by atoms with E-state index in [1.54, 1.807) is 0 Å². The number of para-hydroxylation sites is 1. The Labute approximate surface area is 140 Å². The summed E-state index contributed by atoms with van der Waals surface area (Å²) >= 11 is 0. The molecule has 3 aliphatic rings. The Morgan fingerprint density at radius 1 is 1.25 bits per heavy atom. The quantitative estimate of drug-likeness (QED) is 0.807. The lowest BCUT2D eigenvalue weighted by Crippen LogP contribution is -2.63. The third-order valence-corrected chi connectivity index (χ3v) is 4.66. The highest BCUT2D eigenvalue weighted by Crippen LogP contribution is 2.35. The van der Waals surface area contributed by atoms with Crippen molar-refractivity contribution in [3.63, 3.8) is 0 Å². The van der Waals surface area contributed by atoms with Crippen LogP contribution in [-0.2, 0) is 4.74 Å². The fourth-order valence-electron chi connectivity index (χ4n) is 3.53. The van der Waals surface area contributed by atoms with Gasteiger partial charge in [-0.05, 0) is 30.5 Å². The normalized spacial score (nSPS) is 25.3. The summed E-state index contributed by atoms with van der Waals surface area (Å²) in [5.74, 6) is 0.0868. The molecular formula is C18H19N3O3. The van der Waals surface area contributed by atoms with Gasteiger partial charge in [0, 0.05) is 11.6 Å². The minimum absolute atomic E-state index is 0.0868. The summed E-state index contributed by atoms with van der Waals surface area (Å²) in [5, 5.41) is 5.76. The van der Waals surface area contributed by atoms with Crippen molar-refractivity contribution in [2.45, 2.75) is 18.9 Å². The second-order valence-corrected chi connectivity index (χ2v) is 6.15. The SMILES string of the molecule is O=C(Nc1ccccc1)N1CC=C2CCC=C[C@@H]3COC(=O)N1[C@@H]23. The summed E-state index contributed by atoms with van der Waals surface area (Å²) in [6.07, 6.45) is 7.72. The number of hydrazine groups is 1. The third-order valence-electron chi connectivity index (χ3n) is 4.66. The molecule has 0 aromatic heterocycles. The number of hydrogen-bond donors (Lipinski definition) is 1. The second-order valence-electron chi connectivity index (χ2n) is 6.15. The zero-order valence-electron chi connectivity index (χ0n) is 13.2. The zero-order chi connectivity index (χ0) is 16.5. The van der Waals surface area contributed by atoms with Crippen LogP contribution in [0.3, 0.4) is 0 Å². The molecule has 6 nitrogen and oxygen atoms in total. The van der Waals surface area contributed by atoms with Crippen LogP contribution in [0, 0.1) is 5.92 Å². The van der Waals surface area contributed by atoms with Crippen molar-refractivity contribution in [2.24, 2.45) is 5.92 Å². The lowest BCUT2D eigenvalue weighted by atomic mass is 9.90. The van der Waals surface area contributed by atoms with Gasteiger partial charge in [-0.3, -0.25) is 0 Å². The van der Waals surface area contributed by atoms with E-state index in [9.17, 15) is 9.59 Å². The Morgan fingerprint density at radius 2 is 2.08 bits per heavy atom. The molecule has 0 spiro atoms. The summed E-state index contributed by atoms with van der Waals surface area (Å²) in [7, 11) is 0. The molecule has 24 heavy (non-hydrogen) atoms. The number of cyclic esters (lactones) is 1. The average Bonchev–Trinajstić information content (AvgIpc) is 2.82. The Bertz CT molecular complexity index is 713. The summed E-state index contributed by atoms with van der Waals surface area (Å²) in [4.78, 5) is 25.1. The molecule has 1 aliphatic carbocycles. The van der Waals surface area contributed by atoms with E-state index in [1.165, 1.54) is 15.6 Å². The molecule has 2 aliphatic heterocycles. The van der Waals surface area contributed by atoms with Crippen LogP contribution in [0.25, 0.3) is 0 Å². The number of benzene rings is 1. The first kappa shape index (κ1) is 14.8. The van der Waals surface area contributed by atoms with Gasteiger partial charge in [0.05, 0.1) is 12.6 Å². The van der Waals surface area contributed by atoms with E-state index in [4.69, 9.17) is 4.74 Å². The number of urea groups is 1. The molecule has 2 heterocycles. The van der Waals surface area contributed by atoms with Crippen LogP contribution in [0.15, 0.2) is 54.1 Å². The van der Waals surface area contributed by atoms with E-state index in [-0.39, 0.29) is 18.0 Å². The third kappa shape index (κ3) is 2.54. The molecule has 4 rings (SSSR count). The maximum Gasteiger partial charge on any atom is 0.429 e. The second kappa shape index (κ2) is 6.03. The number of carbonyl (C=O) groups is 2. The number of allylic oxidation sites excluding steroid dienone is 1. The lowest BCUT2D eigenvalue weighted by molar-refractivity contribution is -0.0583. The van der Waals surface area contributed by atoms with E-state index >= 15 is 0 Å². The molecule has 0 unspecified atom stereocenters. The lowest BCUT2D eigenvalue weighted by Gasteiger charge is -2.47. The first-order chi connectivity index (χ1) is 11.7. The Balaban J connectivity index is 1.62. The van der Waals surface area contributed by atoms with E-state index in [2.05, 4.69) is 23.5 Å². The molecule has 0 bridgehead atoms. The first-order valence-electron chi connectivity index (χ1n) is 8.19. The maximum atomic E-state index is 12.7. The maximum absolute atomic E-state index is 12.7. The van der Waals surface area contributed by atoms with E-state index < -0.39 is 6.09 Å². The number of amides is 3. The number of hydrogen-bond acceptors (Lipinski definition) is 3. The molecule has 2 atom stereocenters. The van der Waals surface area contributed by atoms with Crippen molar-refractivity contribution < 1.29 is 14.3 Å². The molecular weight excluding hydrogens is 306 g/mol. The fraction of sp³-hybridized carbons (Fsp3) is 0.333. The van der Waals surface area contributed by atoms with E-state index in [1.807, 2.05) is 30.3 Å². The van der Waals surface area contributed by atoms with Crippen molar-refractivity contribution in [1.82, 2.24) is 10.0 Å². The van der Waals surface area contributed by atoms with Gasteiger partial charge in [-0.2, -0.15) is 0 Å². The van der Waals surface area contributed by atoms with Crippen LogP contribution < -0.4 is 5.32 Å². The van der Waals surface area contributed by atoms with Gasteiger partial charge in [0.25, 0.3) is 0 Å². The monoisotopic (exact) mass is 325 g/mol. The minimum atomic E-state index is -0.458. The Hall–Kier alpha value is -2.76. The number of rotatable bonds is 1. The highest BCUT2D eigenvalue weighted by molar-refractivity contribution is 5.90. The zero-order valence-corrected chi connectivity index (χ0v) is 13.2. The van der Waals surface area contributed by atoms with Crippen LogP contribution >= 0.6 is 0 Å². The smallest absolute Gasteiger partial charge is 0.429 e. The Morgan fingerprint density at radius 3 is 2.92 bits per heavy atom. The summed E-state index contributed by atoms with van der Waals surface area (Å²) in [5.41, 5.74) is 1.91. The molecule has 1 aromatic carbocycles. The van der Waals surface area contributed by atoms with Crippen LogP contribution in [0.4, 0.5) is 15.3 Å². The number of ether oxygens (including phenoxy) is 1. The molecule has 0 radical (unpaired) electrons. The first-order valence-corrected chi connectivity index (χ1v) is 8.19. The van der Waals surface area contributed by atoms with Crippen molar-refractivity contribution >= 4 is 17.8 Å². The van der Waals surface area contributed by atoms with Crippen LogP contribution in [-0.4, -0.2) is 41.3 Å². The predicted molar refractivity (Wildman–Crippen MR) is 89.1 cm³/mol. The predicted octanol–water partition coefficient (Wildman–Crippen LogP) is 3.16. The highest BCUT2D eigenvalue weighted by Gasteiger charge is 2.45. The number of carbonyl (C=O) groups excluding carboxylic acids is 2. The van der Waals surface area contributed by atoms with Crippen molar-refractivity contribution in [1.29, 1.82) is 0 Å². The average molecular weight is 325 g/mol. The van der Waals surface area contributed by atoms with Crippen molar-refractivity contribution in [3.05, 3.63) is 54.1 Å². The van der Waals surface area contributed by atoms with Gasteiger partial charge in [0.2, 0.25) is 0 Å². The molecule has 1 N–H and O–H groups in total. The van der Waals surface area contributed by atoms with Gasteiger partial charge in [-0.25, -0.2) is 19.6 Å². The summed E-state index contributed by atoms with van der Waals surface area (Å²) in [6.45, 7) is 0.730. The fourth-order valence-corrected chi connectivity index (χ4v) is 3.53. The van der Waals surface area contributed by atoms with Gasteiger partial charge < -0.3 is 10.1 Å². The van der Waals surface area contributed by atoms with E-state index in [0.717, 1.165) is 12.8 Å². The van der Waals surface area contributed by atoms with Gasteiger partial charge in [-0.1, -0.05) is 36.4 Å². The Kier molecular flexibility index (Phi) is 3.72. The van der Waals surface area contributed by atoms with Crippen molar-refractivity contribution in [3.8, 4) is 0 Å². The minimum Gasteiger partial charge on any atom is -0.447 e. The topological polar surface area (TPSA) is 61.9 Å². The standard InChI is InChI=1S/C18H19N3O3/c22-17(19-15-8-2-1-3-9-15)20-11-10-13-6-4-5-7-14-12-24-18(23)21(20)16(13)14/h1-3,5,7-10,14,16H,4,6,11-12H2,(H,19,22)/t14-,16+/m1/s1. The molecule has 1 saturated heterocycles. The van der Waals surface area contributed by atoms with Crippen LogP contribution in [0.5, 0.6) is 0 Å². The molecule has 0 saturated carbocycles. The number of anilines is 1. The summed E-state index contributed by atoms with van der Waals surface area (Å²) in [6, 6.07) is 8.76. The van der Waals surface area contributed by atoms with Crippen LogP contribution in [0.2, 0.25) is 0 Å². The molecule has 124 valence electrons. The molecule has 3 amide bonds. The molecule has 6 heteroatoms. The molecule has 1 aromatic rings. The van der Waals surface area contributed by atoms with Crippen LogP contribution in [0.1, 0.15) is 12.8 Å². The van der Waals surface area contributed by atoms with Gasteiger partial charge in [0.1, 0.15) is 6.61 Å². The number of nitrogens with zero attached hydrogens (tertiary/aromatic N) is 2. The van der Waals surface area contributed by atoms with Gasteiger partial charge in [0.15, 0.2) is 0 Å².